The smallest absolute Gasteiger partial charge is 0.356 e. The van der Waals surface area contributed by atoms with Crippen LogP contribution in [0.4, 0.5) is 5.69 Å². The molecule has 1 heterocycles. The van der Waals surface area contributed by atoms with E-state index in [9.17, 15) is 9.59 Å². The maximum Gasteiger partial charge on any atom is 0.356 e. The molecule has 1 aromatic heterocycles. The van der Waals surface area contributed by atoms with Gasteiger partial charge in [-0.15, -0.1) is 0 Å². The van der Waals surface area contributed by atoms with Crippen molar-refractivity contribution in [3.63, 3.8) is 0 Å². The van der Waals surface area contributed by atoms with E-state index in [0.29, 0.717) is 12.3 Å². The van der Waals surface area contributed by atoms with Crippen LogP contribution in [0.1, 0.15) is 54.1 Å². The highest BCUT2D eigenvalue weighted by molar-refractivity contribution is 6.03. The number of carbonyl (C=O) groups excluding carboxylic acids is 2. The van der Waals surface area contributed by atoms with E-state index in [4.69, 9.17) is 9.47 Å². The molecule has 2 rings (SSSR count). The number of rotatable bonds is 9. The van der Waals surface area contributed by atoms with Crippen LogP contribution in [0.5, 0.6) is 5.75 Å². The van der Waals surface area contributed by atoms with Crippen LogP contribution < -0.4 is 10.1 Å². The van der Waals surface area contributed by atoms with Crippen LogP contribution in [-0.2, 0) is 4.74 Å². The molecule has 1 amide bonds. The Bertz CT molecular complexity index is 729. The Morgan fingerprint density at radius 3 is 2.42 bits per heavy atom. The van der Waals surface area contributed by atoms with Gasteiger partial charge in [-0.25, -0.2) is 9.78 Å². The van der Waals surface area contributed by atoms with Gasteiger partial charge in [-0.05, 0) is 49.7 Å². The first-order valence-electron chi connectivity index (χ1n) is 8.82. The zero-order valence-corrected chi connectivity index (χ0v) is 15.2. The Kier molecular flexibility index (Phi) is 7.61. The Hall–Kier alpha value is -2.89. The van der Waals surface area contributed by atoms with Crippen molar-refractivity contribution in [2.75, 3.05) is 18.5 Å². The van der Waals surface area contributed by atoms with Gasteiger partial charge in [0.15, 0.2) is 0 Å². The largest absolute Gasteiger partial charge is 0.494 e. The number of hydrogen-bond donors (Lipinski definition) is 1. The van der Waals surface area contributed by atoms with Gasteiger partial charge in [0.05, 0.1) is 13.2 Å². The molecular weight excluding hydrogens is 332 g/mol. The second-order valence-corrected chi connectivity index (χ2v) is 5.66. The Morgan fingerprint density at radius 1 is 1.00 bits per heavy atom. The third-order valence-corrected chi connectivity index (χ3v) is 3.60. The first kappa shape index (κ1) is 19.4. The molecule has 0 saturated heterocycles. The summed E-state index contributed by atoms with van der Waals surface area (Å²) < 4.78 is 10.5. The summed E-state index contributed by atoms with van der Waals surface area (Å²) in [5, 5.41) is 2.75. The lowest BCUT2D eigenvalue weighted by molar-refractivity contribution is 0.0519. The molecule has 1 aromatic carbocycles. The number of pyridine rings is 1. The van der Waals surface area contributed by atoms with Gasteiger partial charge < -0.3 is 14.8 Å². The van der Waals surface area contributed by atoms with E-state index in [1.807, 2.05) is 12.1 Å². The number of esters is 1. The van der Waals surface area contributed by atoms with Gasteiger partial charge >= 0.3 is 5.97 Å². The van der Waals surface area contributed by atoms with Gasteiger partial charge in [0.2, 0.25) is 0 Å². The van der Waals surface area contributed by atoms with Gasteiger partial charge in [-0.1, -0.05) is 25.8 Å². The number of hydrogen-bond acceptors (Lipinski definition) is 5. The fourth-order valence-electron chi connectivity index (χ4n) is 2.25. The molecule has 0 saturated carbocycles. The first-order chi connectivity index (χ1) is 12.6. The number of nitrogens with zero attached hydrogens (tertiary/aromatic N) is 1. The van der Waals surface area contributed by atoms with Crippen molar-refractivity contribution in [1.29, 1.82) is 0 Å². The molecular formula is C20H24N2O4. The second-order valence-electron chi connectivity index (χ2n) is 5.66. The van der Waals surface area contributed by atoms with Crippen molar-refractivity contribution in [3.8, 4) is 5.75 Å². The topological polar surface area (TPSA) is 77.5 Å². The zero-order chi connectivity index (χ0) is 18.8. The maximum atomic E-state index is 12.3. The lowest BCUT2D eigenvalue weighted by Crippen LogP contribution is -2.16. The second kappa shape index (κ2) is 10.2. The molecule has 0 radical (unpaired) electrons. The van der Waals surface area contributed by atoms with E-state index < -0.39 is 11.9 Å². The van der Waals surface area contributed by atoms with E-state index in [-0.39, 0.29) is 18.0 Å². The Labute approximate surface area is 153 Å². The summed E-state index contributed by atoms with van der Waals surface area (Å²) in [5.41, 5.74) is 0.880. The van der Waals surface area contributed by atoms with E-state index in [2.05, 4.69) is 17.2 Å². The van der Waals surface area contributed by atoms with E-state index in [1.165, 1.54) is 6.07 Å². The minimum absolute atomic E-state index is 0.107. The third-order valence-electron chi connectivity index (χ3n) is 3.60. The van der Waals surface area contributed by atoms with Crippen molar-refractivity contribution in [1.82, 2.24) is 4.98 Å². The molecule has 0 spiro atoms. The summed E-state index contributed by atoms with van der Waals surface area (Å²) in [6.07, 6.45) is 3.32. The number of benzene rings is 1. The van der Waals surface area contributed by atoms with Gasteiger partial charge in [-0.3, -0.25) is 4.79 Å². The summed E-state index contributed by atoms with van der Waals surface area (Å²) in [7, 11) is 0. The predicted octanol–water partition coefficient (Wildman–Crippen LogP) is 4.08. The fraction of sp³-hybridized carbons (Fsp3) is 0.350. The lowest BCUT2D eigenvalue weighted by Gasteiger charge is -2.08. The van der Waals surface area contributed by atoms with E-state index in [1.54, 1.807) is 31.2 Å². The molecule has 0 unspecified atom stereocenters. The molecule has 0 aliphatic heterocycles. The quantitative estimate of drug-likeness (QED) is 0.541. The highest BCUT2D eigenvalue weighted by Crippen LogP contribution is 2.17. The van der Waals surface area contributed by atoms with Crippen LogP contribution in [0.15, 0.2) is 42.5 Å². The lowest BCUT2D eigenvalue weighted by atomic mass is 10.2. The monoisotopic (exact) mass is 356 g/mol. The maximum absolute atomic E-state index is 12.3. The van der Waals surface area contributed by atoms with Gasteiger partial charge in [0, 0.05) is 5.69 Å². The van der Waals surface area contributed by atoms with Gasteiger partial charge in [0.1, 0.15) is 17.1 Å². The van der Waals surface area contributed by atoms with Crippen LogP contribution in [0, 0.1) is 0 Å². The van der Waals surface area contributed by atoms with Gasteiger partial charge in [-0.2, -0.15) is 0 Å². The molecule has 26 heavy (non-hydrogen) atoms. The van der Waals surface area contributed by atoms with Crippen molar-refractivity contribution < 1.29 is 19.1 Å². The van der Waals surface area contributed by atoms with Crippen LogP contribution in [0.3, 0.4) is 0 Å². The van der Waals surface area contributed by atoms with Crippen LogP contribution in [0.25, 0.3) is 0 Å². The standard InChI is InChI=1S/C20H24N2O4/c1-3-5-6-14-26-16-12-10-15(11-13-16)21-19(23)17-8-7-9-18(22-17)20(24)25-4-2/h7-13H,3-6,14H2,1-2H3,(H,21,23). The van der Waals surface area contributed by atoms with E-state index >= 15 is 0 Å². The van der Waals surface area contributed by atoms with Gasteiger partial charge in [0.25, 0.3) is 5.91 Å². The number of ether oxygens (including phenoxy) is 2. The molecule has 6 heteroatoms. The van der Waals surface area contributed by atoms with E-state index in [0.717, 1.165) is 25.0 Å². The molecule has 0 fully saturated rings. The number of anilines is 1. The third kappa shape index (κ3) is 5.88. The molecule has 1 N–H and O–H groups in total. The highest BCUT2D eigenvalue weighted by atomic mass is 16.5. The average Bonchev–Trinajstić information content (AvgIpc) is 2.67. The zero-order valence-electron chi connectivity index (χ0n) is 15.2. The first-order valence-corrected chi connectivity index (χ1v) is 8.82. The molecule has 0 atom stereocenters. The van der Waals surface area contributed by atoms with Crippen molar-refractivity contribution in [2.24, 2.45) is 0 Å². The molecule has 0 aliphatic rings. The normalized spacial score (nSPS) is 10.2. The number of aromatic nitrogens is 1. The van der Waals surface area contributed by atoms with Crippen LogP contribution in [0.2, 0.25) is 0 Å². The van der Waals surface area contributed by atoms with Crippen molar-refractivity contribution >= 4 is 17.6 Å². The molecule has 6 nitrogen and oxygen atoms in total. The highest BCUT2D eigenvalue weighted by Gasteiger charge is 2.13. The number of unbranched alkanes of at least 4 members (excludes halogenated alkanes) is 2. The number of carbonyl (C=O) groups is 2. The minimum Gasteiger partial charge on any atom is -0.494 e. The minimum atomic E-state index is -0.549. The molecule has 2 aromatic rings. The Morgan fingerprint density at radius 2 is 1.73 bits per heavy atom. The number of amides is 1. The summed E-state index contributed by atoms with van der Waals surface area (Å²) in [5.74, 6) is -0.180. The predicted molar refractivity (Wildman–Crippen MR) is 99.6 cm³/mol. The molecule has 138 valence electrons. The van der Waals surface area contributed by atoms with Crippen molar-refractivity contribution in [2.45, 2.75) is 33.1 Å². The summed E-state index contributed by atoms with van der Waals surface area (Å²) in [6, 6.07) is 11.8. The number of nitrogens with one attached hydrogen (secondary N) is 1. The summed E-state index contributed by atoms with van der Waals surface area (Å²) in [6.45, 7) is 4.80. The average molecular weight is 356 g/mol. The fourth-order valence-corrected chi connectivity index (χ4v) is 2.25. The van der Waals surface area contributed by atoms with Crippen LogP contribution >= 0.6 is 0 Å². The van der Waals surface area contributed by atoms with Crippen molar-refractivity contribution in [3.05, 3.63) is 53.9 Å². The Balaban J connectivity index is 1.95. The summed E-state index contributed by atoms with van der Waals surface area (Å²) in [4.78, 5) is 28.1. The SMILES string of the molecule is CCCCCOc1ccc(NC(=O)c2cccc(C(=O)OCC)n2)cc1. The summed E-state index contributed by atoms with van der Waals surface area (Å²) >= 11 is 0. The molecule has 0 bridgehead atoms. The molecule has 0 aliphatic carbocycles. The van der Waals surface area contributed by atoms with Crippen LogP contribution in [-0.4, -0.2) is 30.1 Å².